The van der Waals surface area contributed by atoms with E-state index < -0.39 is 0 Å². The fourth-order valence-corrected chi connectivity index (χ4v) is 2.94. The average Bonchev–Trinajstić information content (AvgIpc) is 2.64. The fraction of sp³-hybridized carbons (Fsp3) is 0.474. The summed E-state index contributed by atoms with van der Waals surface area (Å²) >= 11 is 0. The van der Waals surface area contributed by atoms with Crippen LogP contribution in [0.5, 0.6) is 0 Å². The lowest BCUT2D eigenvalue weighted by Gasteiger charge is -2.26. The van der Waals surface area contributed by atoms with Crippen molar-refractivity contribution in [3.63, 3.8) is 0 Å². The standard InChI is InChI=1S/C19H26FN5O/c1-15-23-18(21-7-6-16-4-2-3-5-17(16)20)14-19(24-15)22-8-9-25-10-12-26-13-11-25/h2-5,14H,6-13H2,1H3,(H2,21,22,23,24). The van der Waals surface area contributed by atoms with E-state index in [9.17, 15) is 4.39 Å². The predicted octanol–water partition coefficient (Wildman–Crippen LogP) is 2.32. The second kappa shape index (κ2) is 9.45. The molecule has 1 aliphatic heterocycles. The van der Waals surface area contributed by atoms with E-state index in [1.54, 1.807) is 12.1 Å². The molecule has 0 unspecified atom stereocenters. The molecule has 3 rings (SSSR count). The highest BCUT2D eigenvalue weighted by atomic mass is 19.1. The van der Waals surface area contributed by atoms with Crippen LogP contribution >= 0.6 is 0 Å². The van der Waals surface area contributed by atoms with Crippen LogP contribution in [-0.4, -0.2) is 60.8 Å². The maximum absolute atomic E-state index is 13.7. The van der Waals surface area contributed by atoms with Gasteiger partial charge in [0.1, 0.15) is 23.3 Å². The highest BCUT2D eigenvalue weighted by Crippen LogP contribution is 2.12. The molecule has 0 radical (unpaired) electrons. The Balaban J connectivity index is 1.48. The van der Waals surface area contributed by atoms with Crippen LogP contribution < -0.4 is 10.6 Å². The summed E-state index contributed by atoms with van der Waals surface area (Å²) < 4.78 is 19.0. The van der Waals surface area contributed by atoms with Gasteiger partial charge in [-0.1, -0.05) is 18.2 Å². The molecule has 26 heavy (non-hydrogen) atoms. The van der Waals surface area contributed by atoms with E-state index in [1.165, 1.54) is 6.07 Å². The SMILES string of the molecule is Cc1nc(NCCc2ccccc2F)cc(NCCN2CCOCC2)n1. The number of morpholine rings is 1. The van der Waals surface area contributed by atoms with Crippen molar-refractivity contribution in [3.05, 3.63) is 47.5 Å². The molecule has 0 atom stereocenters. The van der Waals surface area contributed by atoms with Crippen LogP contribution in [0.4, 0.5) is 16.0 Å². The van der Waals surface area contributed by atoms with Gasteiger partial charge in [0.05, 0.1) is 13.2 Å². The first-order chi connectivity index (χ1) is 12.7. The van der Waals surface area contributed by atoms with Gasteiger partial charge in [0.15, 0.2) is 0 Å². The number of aryl methyl sites for hydroxylation is 1. The number of rotatable bonds is 8. The number of hydrogen-bond acceptors (Lipinski definition) is 6. The van der Waals surface area contributed by atoms with Gasteiger partial charge in [0.2, 0.25) is 0 Å². The molecule has 0 spiro atoms. The van der Waals surface area contributed by atoms with E-state index in [-0.39, 0.29) is 5.82 Å². The first-order valence-electron chi connectivity index (χ1n) is 9.07. The summed E-state index contributed by atoms with van der Waals surface area (Å²) in [5.74, 6) is 2.09. The Morgan fingerprint density at radius 2 is 1.77 bits per heavy atom. The lowest BCUT2D eigenvalue weighted by molar-refractivity contribution is 0.0398. The topological polar surface area (TPSA) is 62.3 Å². The number of nitrogens with one attached hydrogen (secondary N) is 2. The van der Waals surface area contributed by atoms with E-state index in [0.29, 0.717) is 24.4 Å². The summed E-state index contributed by atoms with van der Waals surface area (Å²) in [7, 11) is 0. The lowest BCUT2D eigenvalue weighted by Crippen LogP contribution is -2.39. The Hall–Kier alpha value is -2.25. The highest BCUT2D eigenvalue weighted by Gasteiger charge is 2.10. The fourth-order valence-electron chi connectivity index (χ4n) is 2.94. The minimum Gasteiger partial charge on any atom is -0.379 e. The maximum Gasteiger partial charge on any atom is 0.131 e. The van der Waals surface area contributed by atoms with Gasteiger partial charge in [0, 0.05) is 38.8 Å². The van der Waals surface area contributed by atoms with Gasteiger partial charge in [-0.2, -0.15) is 0 Å². The van der Waals surface area contributed by atoms with Crippen LogP contribution in [0, 0.1) is 12.7 Å². The van der Waals surface area contributed by atoms with Crippen LogP contribution in [0.1, 0.15) is 11.4 Å². The molecule has 1 aliphatic rings. The molecule has 0 amide bonds. The number of anilines is 2. The second-order valence-corrected chi connectivity index (χ2v) is 6.33. The van der Waals surface area contributed by atoms with Crippen molar-refractivity contribution in [2.75, 3.05) is 56.6 Å². The zero-order valence-electron chi connectivity index (χ0n) is 15.2. The van der Waals surface area contributed by atoms with Gasteiger partial charge in [-0.05, 0) is 25.0 Å². The number of aromatic nitrogens is 2. The highest BCUT2D eigenvalue weighted by molar-refractivity contribution is 5.47. The molecule has 1 fully saturated rings. The van der Waals surface area contributed by atoms with Crippen LogP contribution in [0.3, 0.4) is 0 Å². The molecule has 2 N–H and O–H groups in total. The first kappa shape index (κ1) is 18.5. The van der Waals surface area contributed by atoms with E-state index >= 15 is 0 Å². The molecule has 0 bridgehead atoms. The van der Waals surface area contributed by atoms with Gasteiger partial charge in [-0.15, -0.1) is 0 Å². The van der Waals surface area contributed by atoms with Crippen LogP contribution in [0.2, 0.25) is 0 Å². The number of halogens is 1. The van der Waals surface area contributed by atoms with E-state index in [0.717, 1.165) is 51.0 Å². The summed E-state index contributed by atoms with van der Waals surface area (Å²) in [6.45, 7) is 7.85. The number of hydrogen-bond donors (Lipinski definition) is 2. The molecule has 7 heteroatoms. The summed E-state index contributed by atoms with van der Waals surface area (Å²) in [5, 5.41) is 6.61. The van der Waals surface area contributed by atoms with Crippen LogP contribution in [0.25, 0.3) is 0 Å². The Kier molecular flexibility index (Phi) is 6.74. The molecule has 0 saturated carbocycles. The van der Waals surface area contributed by atoms with Crippen molar-refractivity contribution in [2.24, 2.45) is 0 Å². The van der Waals surface area contributed by atoms with Crippen LogP contribution in [0.15, 0.2) is 30.3 Å². The molecule has 0 aliphatic carbocycles. The predicted molar refractivity (Wildman–Crippen MR) is 101 cm³/mol. The van der Waals surface area contributed by atoms with Gasteiger partial charge >= 0.3 is 0 Å². The van der Waals surface area contributed by atoms with E-state index in [2.05, 4.69) is 25.5 Å². The minimum atomic E-state index is -0.168. The Bertz CT molecular complexity index is 706. The molecule has 2 heterocycles. The Labute approximate surface area is 153 Å². The molecule has 1 saturated heterocycles. The van der Waals surface area contributed by atoms with Gasteiger partial charge in [-0.25, -0.2) is 14.4 Å². The van der Waals surface area contributed by atoms with Crippen LogP contribution in [-0.2, 0) is 11.2 Å². The zero-order valence-corrected chi connectivity index (χ0v) is 15.2. The molecule has 6 nitrogen and oxygen atoms in total. The molecule has 1 aromatic heterocycles. The molecule has 140 valence electrons. The maximum atomic E-state index is 13.7. The lowest BCUT2D eigenvalue weighted by atomic mass is 10.1. The van der Waals surface area contributed by atoms with E-state index in [4.69, 9.17) is 4.74 Å². The van der Waals surface area contributed by atoms with Crippen molar-refractivity contribution < 1.29 is 9.13 Å². The molecular formula is C19H26FN5O. The van der Waals surface area contributed by atoms with E-state index in [1.807, 2.05) is 19.1 Å². The molecular weight excluding hydrogens is 333 g/mol. The monoisotopic (exact) mass is 359 g/mol. The van der Waals surface area contributed by atoms with Crippen molar-refractivity contribution in [3.8, 4) is 0 Å². The summed E-state index contributed by atoms with van der Waals surface area (Å²) in [4.78, 5) is 11.2. The average molecular weight is 359 g/mol. The number of ether oxygens (including phenoxy) is 1. The largest absolute Gasteiger partial charge is 0.379 e. The third kappa shape index (κ3) is 5.64. The van der Waals surface area contributed by atoms with Gasteiger partial charge in [0.25, 0.3) is 0 Å². The Morgan fingerprint density at radius 3 is 2.50 bits per heavy atom. The van der Waals surface area contributed by atoms with Crippen molar-refractivity contribution in [1.82, 2.24) is 14.9 Å². The zero-order chi connectivity index (χ0) is 18.2. The van der Waals surface area contributed by atoms with Gasteiger partial charge < -0.3 is 15.4 Å². The smallest absolute Gasteiger partial charge is 0.131 e. The third-order valence-corrected chi connectivity index (χ3v) is 4.33. The number of nitrogens with zero attached hydrogens (tertiary/aromatic N) is 3. The van der Waals surface area contributed by atoms with Gasteiger partial charge in [-0.3, -0.25) is 4.90 Å². The summed E-state index contributed by atoms with van der Waals surface area (Å²) in [6, 6.07) is 8.74. The van der Waals surface area contributed by atoms with Crippen molar-refractivity contribution >= 4 is 11.6 Å². The van der Waals surface area contributed by atoms with Crippen molar-refractivity contribution in [1.29, 1.82) is 0 Å². The number of benzene rings is 1. The summed E-state index contributed by atoms with van der Waals surface area (Å²) in [5.41, 5.74) is 0.703. The molecule has 2 aromatic rings. The normalized spacial score (nSPS) is 15.0. The second-order valence-electron chi connectivity index (χ2n) is 6.33. The first-order valence-corrected chi connectivity index (χ1v) is 9.07. The molecule has 1 aromatic carbocycles. The third-order valence-electron chi connectivity index (χ3n) is 4.33. The quantitative estimate of drug-likeness (QED) is 0.754. The summed E-state index contributed by atoms with van der Waals surface area (Å²) in [6.07, 6.45) is 0.607. The minimum absolute atomic E-state index is 0.168. The Morgan fingerprint density at radius 1 is 1.08 bits per heavy atom. The van der Waals surface area contributed by atoms with Crippen molar-refractivity contribution in [2.45, 2.75) is 13.3 Å².